The monoisotopic (exact) mass is 341 g/mol. The van der Waals surface area contributed by atoms with Crippen LogP contribution in [0.4, 0.5) is 0 Å². The molecule has 1 unspecified atom stereocenters. The smallest absolute Gasteiger partial charge is 0.324 e. The molecule has 0 amide bonds. The Morgan fingerprint density at radius 1 is 1.17 bits per heavy atom. The molecule has 0 aromatic heterocycles. The van der Waals surface area contributed by atoms with Crippen molar-refractivity contribution < 1.29 is 27.5 Å². The standard InChI is InChI=1S/C15H19NO6S/c1-11-4-6-12(7-5-11)8-9-23(19,20)16-13(15(18)22-3)10-14(17)21-2/h4-9,13,16H,10H2,1-3H3/b9-8+. The summed E-state index contributed by atoms with van der Waals surface area (Å²) in [7, 11) is -1.70. The number of rotatable bonds is 7. The van der Waals surface area contributed by atoms with Gasteiger partial charge in [0.2, 0.25) is 10.0 Å². The zero-order chi connectivity index (χ0) is 17.5. The van der Waals surface area contributed by atoms with Crippen molar-refractivity contribution >= 4 is 28.0 Å². The molecular formula is C15H19NO6S. The van der Waals surface area contributed by atoms with Crippen LogP contribution in [0.1, 0.15) is 17.5 Å². The van der Waals surface area contributed by atoms with Gasteiger partial charge in [-0.25, -0.2) is 8.42 Å². The van der Waals surface area contributed by atoms with Crippen molar-refractivity contribution in [3.05, 3.63) is 40.8 Å². The van der Waals surface area contributed by atoms with E-state index in [4.69, 9.17) is 0 Å². The minimum absolute atomic E-state index is 0.458. The van der Waals surface area contributed by atoms with Gasteiger partial charge >= 0.3 is 11.9 Å². The molecule has 1 atom stereocenters. The molecule has 1 rings (SSSR count). The predicted octanol–water partition coefficient (Wildman–Crippen LogP) is 0.990. The second-order valence-electron chi connectivity index (χ2n) is 4.73. The van der Waals surface area contributed by atoms with Crippen LogP contribution in [0, 0.1) is 6.92 Å². The van der Waals surface area contributed by atoms with Gasteiger partial charge in [-0.3, -0.25) is 9.59 Å². The molecule has 0 heterocycles. The van der Waals surface area contributed by atoms with E-state index in [2.05, 4.69) is 14.2 Å². The third-order valence-electron chi connectivity index (χ3n) is 2.91. The normalized spacial score (nSPS) is 12.8. The van der Waals surface area contributed by atoms with Gasteiger partial charge in [0, 0.05) is 5.41 Å². The van der Waals surface area contributed by atoms with E-state index in [0.717, 1.165) is 25.2 Å². The van der Waals surface area contributed by atoms with Gasteiger partial charge < -0.3 is 9.47 Å². The first-order valence-corrected chi connectivity index (χ1v) is 8.24. The van der Waals surface area contributed by atoms with Gasteiger partial charge in [-0.15, -0.1) is 0 Å². The summed E-state index contributed by atoms with van der Waals surface area (Å²) in [5.41, 5.74) is 1.73. The van der Waals surface area contributed by atoms with Crippen LogP contribution < -0.4 is 4.72 Å². The zero-order valence-corrected chi connectivity index (χ0v) is 13.9. The number of nitrogens with one attached hydrogen (secondary N) is 1. The van der Waals surface area contributed by atoms with Gasteiger partial charge in [-0.2, -0.15) is 4.72 Å². The summed E-state index contributed by atoms with van der Waals surface area (Å²) in [6.45, 7) is 1.92. The van der Waals surface area contributed by atoms with Crippen LogP contribution in [0.3, 0.4) is 0 Å². The number of carbonyl (C=O) groups excluding carboxylic acids is 2. The summed E-state index contributed by atoms with van der Waals surface area (Å²) in [4.78, 5) is 22.8. The molecule has 0 bridgehead atoms. The van der Waals surface area contributed by atoms with E-state index < -0.39 is 34.4 Å². The first-order valence-electron chi connectivity index (χ1n) is 6.69. The number of ether oxygens (including phenoxy) is 2. The van der Waals surface area contributed by atoms with Crippen LogP contribution in [0.2, 0.25) is 0 Å². The number of carbonyl (C=O) groups is 2. The maximum atomic E-state index is 12.0. The highest BCUT2D eigenvalue weighted by molar-refractivity contribution is 7.92. The summed E-state index contributed by atoms with van der Waals surface area (Å²) < 4.78 is 35.0. The lowest BCUT2D eigenvalue weighted by Gasteiger charge is -2.13. The number of sulfonamides is 1. The maximum Gasteiger partial charge on any atom is 0.324 e. The Labute approximate surface area is 135 Å². The molecule has 126 valence electrons. The van der Waals surface area contributed by atoms with Gasteiger partial charge in [-0.05, 0) is 18.6 Å². The molecule has 1 N–H and O–H groups in total. The second-order valence-corrected chi connectivity index (χ2v) is 6.33. The number of esters is 2. The number of hydrogen-bond donors (Lipinski definition) is 1. The molecule has 0 saturated heterocycles. The Morgan fingerprint density at radius 3 is 2.30 bits per heavy atom. The molecule has 0 aliphatic carbocycles. The third-order valence-corrected chi connectivity index (χ3v) is 4.02. The van der Waals surface area contributed by atoms with Gasteiger partial charge in [0.25, 0.3) is 0 Å². The Morgan fingerprint density at radius 2 is 1.78 bits per heavy atom. The molecule has 0 aliphatic rings. The topological polar surface area (TPSA) is 98.8 Å². The number of aryl methyl sites for hydroxylation is 1. The van der Waals surface area contributed by atoms with Gasteiger partial charge in [-0.1, -0.05) is 29.8 Å². The van der Waals surface area contributed by atoms with Crippen molar-refractivity contribution in [1.82, 2.24) is 4.72 Å². The molecule has 0 saturated carbocycles. The van der Waals surface area contributed by atoms with E-state index in [1.54, 1.807) is 12.1 Å². The quantitative estimate of drug-likeness (QED) is 0.743. The largest absolute Gasteiger partial charge is 0.469 e. The molecule has 7 nitrogen and oxygen atoms in total. The highest BCUT2D eigenvalue weighted by atomic mass is 32.2. The zero-order valence-electron chi connectivity index (χ0n) is 13.1. The third kappa shape index (κ3) is 6.62. The van der Waals surface area contributed by atoms with Crippen molar-refractivity contribution in [1.29, 1.82) is 0 Å². The summed E-state index contributed by atoms with van der Waals surface area (Å²) in [5, 5.41) is 0.922. The molecule has 0 fully saturated rings. The van der Waals surface area contributed by atoms with Crippen LogP contribution in [0.5, 0.6) is 0 Å². The minimum Gasteiger partial charge on any atom is -0.469 e. The first-order chi connectivity index (χ1) is 10.8. The fraction of sp³-hybridized carbons (Fsp3) is 0.333. The summed E-state index contributed by atoms with van der Waals surface area (Å²) in [6, 6.07) is 5.85. The Hall–Kier alpha value is -2.19. The lowest BCUT2D eigenvalue weighted by molar-refractivity contribution is -0.149. The van der Waals surface area contributed by atoms with Crippen LogP contribution in [0.15, 0.2) is 29.7 Å². The molecule has 1 aromatic rings. The molecular weight excluding hydrogens is 322 g/mol. The van der Waals surface area contributed by atoms with E-state index in [1.165, 1.54) is 6.08 Å². The van der Waals surface area contributed by atoms with E-state index >= 15 is 0 Å². The molecule has 0 radical (unpaired) electrons. The number of hydrogen-bond acceptors (Lipinski definition) is 6. The van der Waals surface area contributed by atoms with Gasteiger partial charge in [0.05, 0.1) is 20.6 Å². The Bertz CT molecular complexity index is 678. The van der Waals surface area contributed by atoms with Gasteiger partial charge in [0.15, 0.2) is 0 Å². The molecule has 1 aromatic carbocycles. The van der Waals surface area contributed by atoms with Crippen LogP contribution in [0.25, 0.3) is 6.08 Å². The van der Waals surface area contributed by atoms with Gasteiger partial charge in [0.1, 0.15) is 6.04 Å². The molecule has 8 heteroatoms. The highest BCUT2D eigenvalue weighted by Crippen LogP contribution is 2.07. The predicted molar refractivity (Wildman–Crippen MR) is 84.7 cm³/mol. The van der Waals surface area contributed by atoms with Crippen molar-refractivity contribution in [2.75, 3.05) is 14.2 Å². The average molecular weight is 341 g/mol. The fourth-order valence-electron chi connectivity index (χ4n) is 1.65. The van der Waals surface area contributed by atoms with Crippen LogP contribution in [-0.2, 0) is 29.1 Å². The van der Waals surface area contributed by atoms with E-state index in [9.17, 15) is 18.0 Å². The molecule has 0 spiro atoms. The van der Waals surface area contributed by atoms with Crippen LogP contribution >= 0.6 is 0 Å². The number of methoxy groups -OCH3 is 2. The van der Waals surface area contributed by atoms with E-state index in [1.807, 2.05) is 19.1 Å². The molecule has 23 heavy (non-hydrogen) atoms. The second kappa shape index (κ2) is 8.44. The summed E-state index contributed by atoms with van der Waals surface area (Å²) >= 11 is 0. The SMILES string of the molecule is COC(=O)CC(NS(=O)(=O)/C=C/c1ccc(C)cc1)C(=O)OC. The van der Waals surface area contributed by atoms with Crippen LogP contribution in [-0.4, -0.2) is 40.6 Å². The lowest BCUT2D eigenvalue weighted by atomic mass is 10.2. The lowest BCUT2D eigenvalue weighted by Crippen LogP contribution is -2.42. The summed E-state index contributed by atoms with van der Waals surface area (Å²) in [6.07, 6.45) is 0.926. The Kier molecular flexibility index (Phi) is 6.92. The van der Waals surface area contributed by atoms with Crippen molar-refractivity contribution in [3.63, 3.8) is 0 Å². The van der Waals surface area contributed by atoms with Crippen molar-refractivity contribution in [3.8, 4) is 0 Å². The van der Waals surface area contributed by atoms with E-state index in [0.29, 0.717) is 5.56 Å². The molecule has 0 aliphatic heterocycles. The first kappa shape index (κ1) is 18.9. The van der Waals surface area contributed by atoms with E-state index in [-0.39, 0.29) is 0 Å². The Balaban J connectivity index is 2.85. The minimum atomic E-state index is -3.94. The average Bonchev–Trinajstić information content (AvgIpc) is 2.52. The van der Waals surface area contributed by atoms with Crippen molar-refractivity contribution in [2.24, 2.45) is 0 Å². The number of benzene rings is 1. The highest BCUT2D eigenvalue weighted by Gasteiger charge is 2.27. The van der Waals surface area contributed by atoms with Crippen molar-refractivity contribution in [2.45, 2.75) is 19.4 Å². The fourth-order valence-corrected chi connectivity index (χ4v) is 2.64. The summed E-state index contributed by atoms with van der Waals surface area (Å²) in [5.74, 6) is -1.60. The maximum absolute atomic E-state index is 12.0.